The quantitative estimate of drug-likeness (QED) is 0.841. The Hall–Kier alpha value is -1.32. The van der Waals surface area contributed by atoms with E-state index in [1.54, 1.807) is 0 Å². The molecular weight excluding hydrogens is 246 g/mol. The van der Waals surface area contributed by atoms with Crippen molar-refractivity contribution in [1.82, 2.24) is 15.1 Å². The second-order valence-electron chi connectivity index (χ2n) is 4.50. The molecule has 0 saturated heterocycles. The van der Waals surface area contributed by atoms with Crippen LogP contribution in [-0.4, -0.2) is 16.3 Å². The van der Waals surface area contributed by atoms with Crippen LogP contribution in [0.2, 0.25) is 5.02 Å². The molecule has 0 spiro atoms. The van der Waals surface area contributed by atoms with Gasteiger partial charge in [0.25, 0.3) is 0 Å². The second kappa shape index (κ2) is 6.03. The first-order chi connectivity index (χ1) is 8.65. The van der Waals surface area contributed by atoms with Gasteiger partial charge in [-0.3, -0.25) is 4.68 Å². The molecule has 1 aromatic carbocycles. The smallest absolute Gasteiger partial charge is 0.0637 e. The lowest BCUT2D eigenvalue weighted by molar-refractivity contribution is 0.665. The van der Waals surface area contributed by atoms with Gasteiger partial charge in [0.15, 0.2) is 0 Å². The van der Waals surface area contributed by atoms with Crippen LogP contribution in [0, 0.1) is 6.92 Å². The minimum absolute atomic E-state index is 0.798. The zero-order valence-corrected chi connectivity index (χ0v) is 11.5. The number of hydrogen-bond acceptors (Lipinski definition) is 2. The largest absolute Gasteiger partial charge is 0.312 e. The van der Waals surface area contributed by atoms with Crippen LogP contribution in [0.25, 0.3) is 0 Å². The van der Waals surface area contributed by atoms with E-state index in [4.69, 9.17) is 11.6 Å². The summed E-state index contributed by atoms with van der Waals surface area (Å²) >= 11 is 6.17. The Labute approximate surface area is 113 Å². The zero-order chi connectivity index (χ0) is 13.0. The maximum atomic E-state index is 6.17. The van der Waals surface area contributed by atoms with E-state index in [2.05, 4.69) is 22.5 Å². The van der Waals surface area contributed by atoms with Crippen LogP contribution in [0.15, 0.2) is 30.5 Å². The third kappa shape index (κ3) is 3.59. The molecule has 0 radical (unpaired) electrons. The molecule has 0 aliphatic carbocycles. The van der Waals surface area contributed by atoms with Crippen molar-refractivity contribution in [2.45, 2.75) is 19.9 Å². The summed E-state index contributed by atoms with van der Waals surface area (Å²) in [6.45, 7) is 3.75. The van der Waals surface area contributed by atoms with Gasteiger partial charge in [-0.1, -0.05) is 23.7 Å². The Bertz CT molecular complexity index is 520. The third-order valence-electron chi connectivity index (χ3n) is 2.85. The lowest BCUT2D eigenvalue weighted by Crippen LogP contribution is -2.17. The SMILES string of the molecule is Cc1ccc(CNCCc2ccn(C)n2)c(Cl)c1. The number of hydrogen-bond donors (Lipinski definition) is 1. The highest BCUT2D eigenvalue weighted by Crippen LogP contribution is 2.17. The molecule has 0 aliphatic heterocycles. The summed E-state index contributed by atoms with van der Waals surface area (Å²) in [5, 5.41) is 8.55. The fourth-order valence-corrected chi connectivity index (χ4v) is 2.13. The molecule has 1 heterocycles. The number of aromatic nitrogens is 2. The van der Waals surface area contributed by atoms with Crippen molar-refractivity contribution >= 4 is 11.6 Å². The first-order valence-electron chi connectivity index (χ1n) is 6.09. The molecule has 2 aromatic rings. The molecule has 1 aromatic heterocycles. The standard InChI is InChI=1S/C14H18ClN3/c1-11-3-4-12(14(15)9-11)10-16-7-5-13-6-8-18(2)17-13/h3-4,6,8-9,16H,5,7,10H2,1-2H3. The van der Waals surface area contributed by atoms with Crippen LogP contribution in [0.4, 0.5) is 0 Å². The lowest BCUT2D eigenvalue weighted by Gasteiger charge is -2.06. The fourth-order valence-electron chi connectivity index (χ4n) is 1.83. The van der Waals surface area contributed by atoms with Crippen LogP contribution in [0.3, 0.4) is 0 Å². The average Bonchev–Trinajstić information content (AvgIpc) is 2.73. The Morgan fingerprint density at radius 1 is 1.33 bits per heavy atom. The summed E-state index contributed by atoms with van der Waals surface area (Å²) < 4.78 is 1.83. The van der Waals surface area contributed by atoms with Crippen molar-refractivity contribution in [2.24, 2.45) is 7.05 Å². The van der Waals surface area contributed by atoms with Gasteiger partial charge >= 0.3 is 0 Å². The Morgan fingerprint density at radius 2 is 2.17 bits per heavy atom. The topological polar surface area (TPSA) is 29.9 Å². The minimum atomic E-state index is 0.798. The Kier molecular flexibility index (Phi) is 4.39. The van der Waals surface area contributed by atoms with Gasteiger partial charge in [-0.25, -0.2) is 0 Å². The molecule has 0 atom stereocenters. The summed E-state index contributed by atoms with van der Waals surface area (Å²) in [6.07, 6.45) is 2.90. The summed E-state index contributed by atoms with van der Waals surface area (Å²) in [4.78, 5) is 0. The fraction of sp³-hybridized carbons (Fsp3) is 0.357. The van der Waals surface area contributed by atoms with Crippen molar-refractivity contribution in [3.05, 3.63) is 52.3 Å². The first kappa shape index (κ1) is 13.1. The molecule has 96 valence electrons. The van der Waals surface area contributed by atoms with E-state index in [1.165, 1.54) is 5.56 Å². The predicted molar refractivity (Wildman–Crippen MR) is 74.8 cm³/mol. The van der Waals surface area contributed by atoms with Crippen molar-refractivity contribution in [3.63, 3.8) is 0 Å². The highest BCUT2D eigenvalue weighted by molar-refractivity contribution is 6.31. The number of halogens is 1. The number of benzene rings is 1. The van der Waals surface area contributed by atoms with E-state index < -0.39 is 0 Å². The molecule has 18 heavy (non-hydrogen) atoms. The van der Waals surface area contributed by atoms with Crippen LogP contribution in [-0.2, 0) is 20.0 Å². The van der Waals surface area contributed by atoms with E-state index >= 15 is 0 Å². The van der Waals surface area contributed by atoms with Crippen molar-refractivity contribution in [3.8, 4) is 0 Å². The molecule has 4 heteroatoms. The average molecular weight is 264 g/mol. The molecule has 0 bridgehead atoms. The highest BCUT2D eigenvalue weighted by atomic mass is 35.5. The number of rotatable bonds is 5. The Morgan fingerprint density at radius 3 is 2.83 bits per heavy atom. The highest BCUT2D eigenvalue weighted by Gasteiger charge is 2.01. The van der Waals surface area contributed by atoms with E-state index in [1.807, 2.05) is 37.0 Å². The summed E-state index contributed by atoms with van der Waals surface area (Å²) in [5.74, 6) is 0. The summed E-state index contributed by atoms with van der Waals surface area (Å²) in [5.41, 5.74) is 3.44. The molecule has 0 aliphatic rings. The van der Waals surface area contributed by atoms with E-state index in [0.29, 0.717) is 0 Å². The first-order valence-corrected chi connectivity index (χ1v) is 6.47. The van der Waals surface area contributed by atoms with E-state index in [-0.39, 0.29) is 0 Å². The third-order valence-corrected chi connectivity index (χ3v) is 3.20. The second-order valence-corrected chi connectivity index (χ2v) is 4.91. The van der Waals surface area contributed by atoms with E-state index in [9.17, 15) is 0 Å². The minimum Gasteiger partial charge on any atom is -0.312 e. The van der Waals surface area contributed by atoms with Gasteiger partial charge in [-0.15, -0.1) is 0 Å². The van der Waals surface area contributed by atoms with Crippen molar-refractivity contribution in [1.29, 1.82) is 0 Å². The summed E-state index contributed by atoms with van der Waals surface area (Å²) in [7, 11) is 1.93. The Balaban J connectivity index is 1.78. The maximum absolute atomic E-state index is 6.17. The molecule has 0 saturated carbocycles. The molecule has 0 amide bonds. The van der Waals surface area contributed by atoms with Gasteiger partial charge in [0.1, 0.15) is 0 Å². The predicted octanol–water partition coefficient (Wildman–Crippen LogP) is 2.71. The number of aryl methyl sites for hydroxylation is 2. The van der Waals surface area contributed by atoms with Crippen LogP contribution in [0.1, 0.15) is 16.8 Å². The normalized spacial score (nSPS) is 10.8. The van der Waals surface area contributed by atoms with Crippen LogP contribution < -0.4 is 5.32 Å². The monoisotopic (exact) mass is 263 g/mol. The number of nitrogens with zero attached hydrogens (tertiary/aromatic N) is 2. The van der Waals surface area contributed by atoms with Gasteiger partial charge in [0.05, 0.1) is 5.69 Å². The lowest BCUT2D eigenvalue weighted by atomic mass is 10.1. The molecular formula is C14H18ClN3. The molecule has 1 N–H and O–H groups in total. The van der Waals surface area contributed by atoms with E-state index in [0.717, 1.165) is 35.8 Å². The number of nitrogens with one attached hydrogen (secondary N) is 1. The maximum Gasteiger partial charge on any atom is 0.0637 e. The zero-order valence-electron chi connectivity index (χ0n) is 10.8. The van der Waals surface area contributed by atoms with Gasteiger partial charge in [0.2, 0.25) is 0 Å². The molecule has 2 rings (SSSR count). The van der Waals surface area contributed by atoms with Crippen molar-refractivity contribution in [2.75, 3.05) is 6.54 Å². The summed E-state index contributed by atoms with van der Waals surface area (Å²) in [6, 6.07) is 8.20. The van der Waals surface area contributed by atoms with Crippen molar-refractivity contribution < 1.29 is 0 Å². The van der Waals surface area contributed by atoms with Gasteiger partial charge in [-0.05, 0) is 30.2 Å². The molecule has 0 unspecified atom stereocenters. The van der Waals surface area contributed by atoms with Gasteiger partial charge < -0.3 is 5.32 Å². The van der Waals surface area contributed by atoms with Crippen LogP contribution >= 0.6 is 11.6 Å². The van der Waals surface area contributed by atoms with Gasteiger partial charge in [0, 0.05) is 37.8 Å². The molecule has 3 nitrogen and oxygen atoms in total. The van der Waals surface area contributed by atoms with Gasteiger partial charge in [-0.2, -0.15) is 5.10 Å². The van der Waals surface area contributed by atoms with Crippen LogP contribution in [0.5, 0.6) is 0 Å². The molecule has 0 fully saturated rings.